The van der Waals surface area contributed by atoms with Gasteiger partial charge in [-0.2, -0.15) is 0 Å². The van der Waals surface area contributed by atoms with Gasteiger partial charge >= 0.3 is 0 Å². The van der Waals surface area contributed by atoms with Crippen LogP contribution in [0, 0.1) is 0 Å². The average Bonchev–Trinajstić information content (AvgIpc) is 3.23. The second-order valence-electron chi connectivity index (χ2n) is 20.3. The number of nitrogens with one attached hydrogen (secondary N) is 1. The number of carbonyl (C=O) groups excluding carboxylic acids is 1. The maximum Gasteiger partial charge on any atom is 0.268 e. The Morgan fingerprint density at radius 3 is 1.10 bits per heavy atom. The number of aliphatic hydroxyl groups excluding tert-OH is 1. The van der Waals surface area contributed by atoms with Gasteiger partial charge in [0.15, 0.2) is 0 Å². The summed E-state index contributed by atoms with van der Waals surface area (Å²) in [6.07, 6.45) is 53.6. The molecule has 0 fully saturated rings. The van der Waals surface area contributed by atoms with Crippen molar-refractivity contribution in [2.45, 2.75) is 296 Å². The lowest BCUT2D eigenvalue weighted by molar-refractivity contribution is -0.870. The van der Waals surface area contributed by atoms with Gasteiger partial charge in [0.2, 0.25) is 5.91 Å². The molecule has 8 nitrogen and oxygen atoms in total. The number of aliphatic hydroxyl groups is 1. The number of likely N-dealkylation sites (N-methyl/N-ethyl adjacent to an activating group) is 1. The predicted molar refractivity (Wildman–Crippen MR) is 266 cm³/mol. The topological polar surface area (TPSA) is 108 Å². The maximum atomic E-state index is 12.8. The molecule has 0 aliphatic heterocycles. The number of hydrogen-bond donors (Lipinski definition) is 2. The van der Waals surface area contributed by atoms with Crippen LogP contribution in [-0.2, 0) is 18.4 Å². The van der Waals surface area contributed by atoms with Crippen LogP contribution >= 0.6 is 7.82 Å². The largest absolute Gasteiger partial charge is 0.756 e. The van der Waals surface area contributed by atoms with Crippen LogP contribution in [0.2, 0.25) is 0 Å². The van der Waals surface area contributed by atoms with Gasteiger partial charge < -0.3 is 28.8 Å². The number of carbonyl (C=O) groups is 1. The Kier molecular flexibility index (Phi) is 45.3. The van der Waals surface area contributed by atoms with Crippen molar-refractivity contribution in [3.05, 3.63) is 0 Å². The maximum absolute atomic E-state index is 12.8. The summed E-state index contributed by atoms with van der Waals surface area (Å²) in [4.78, 5) is 25.2. The van der Waals surface area contributed by atoms with Crippen molar-refractivity contribution in [2.24, 2.45) is 0 Å². The van der Waals surface area contributed by atoms with E-state index in [1.807, 2.05) is 21.1 Å². The van der Waals surface area contributed by atoms with E-state index in [0.717, 1.165) is 51.4 Å². The third-order valence-corrected chi connectivity index (χ3v) is 13.8. The number of amides is 1. The summed E-state index contributed by atoms with van der Waals surface area (Å²) >= 11 is 0. The van der Waals surface area contributed by atoms with Crippen LogP contribution in [0.15, 0.2) is 0 Å². The highest BCUT2D eigenvalue weighted by Crippen LogP contribution is 2.38. The summed E-state index contributed by atoms with van der Waals surface area (Å²) in [5.41, 5.74) is 0. The molecule has 0 aliphatic rings. The van der Waals surface area contributed by atoms with Crippen molar-refractivity contribution in [3.8, 4) is 0 Å². The molecule has 0 radical (unpaired) electrons. The highest BCUT2D eigenvalue weighted by molar-refractivity contribution is 7.45. The van der Waals surface area contributed by atoms with Crippen LogP contribution < -0.4 is 10.2 Å². The fourth-order valence-electron chi connectivity index (χ4n) is 8.51. The first-order chi connectivity index (χ1) is 30.0. The molecule has 0 rings (SSSR count). The Morgan fingerprint density at radius 1 is 0.500 bits per heavy atom. The smallest absolute Gasteiger partial charge is 0.268 e. The van der Waals surface area contributed by atoms with Gasteiger partial charge in [0.1, 0.15) is 13.2 Å². The lowest BCUT2D eigenvalue weighted by Gasteiger charge is -2.30. The number of hydrogen-bond acceptors (Lipinski definition) is 6. The number of quaternary nitrogens is 1. The summed E-state index contributed by atoms with van der Waals surface area (Å²) < 4.78 is 23.1. The van der Waals surface area contributed by atoms with Crippen LogP contribution in [0.5, 0.6) is 0 Å². The molecule has 0 saturated heterocycles. The first-order valence-electron chi connectivity index (χ1n) is 27.4. The quantitative estimate of drug-likeness (QED) is 0.0358. The van der Waals surface area contributed by atoms with Gasteiger partial charge in [-0.1, -0.05) is 264 Å². The van der Waals surface area contributed by atoms with Crippen LogP contribution in [-0.4, -0.2) is 68.5 Å². The van der Waals surface area contributed by atoms with E-state index in [1.165, 1.54) is 205 Å². The first-order valence-corrected chi connectivity index (χ1v) is 28.8. The highest BCUT2D eigenvalue weighted by atomic mass is 31.2. The van der Waals surface area contributed by atoms with E-state index in [2.05, 4.69) is 19.2 Å². The van der Waals surface area contributed by atoms with E-state index >= 15 is 0 Å². The van der Waals surface area contributed by atoms with Crippen LogP contribution in [0.3, 0.4) is 0 Å². The van der Waals surface area contributed by atoms with Gasteiger partial charge in [-0.05, 0) is 12.8 Å². The second-order valence-corrected chi connectivity index (χ2v) is 21.7. The van der Waals surface area contributed by atoms with Crippen LogP contribution in [0.1, 0.15) is 284 Å². The molecule has 0 aromatic heterocycles. The molecule has 3 atom stereocenters. The predicted octanol–water partition coefficient (Wildman–Crippen LogP) is 15.5. The van der Waals surface area contributed by atoms with Gasteiger partial charge in [-0.15, -0.1) is 0 Å². The molecule has 0 aromatic rings. The first kappa shape index (κ1) is 61.5. The Morgan fingerprint density at radius 2 is 0.790 bits per heavy atom. The van der Waals surface area contributed by atoms with Crippen molar-refractivity contribution in [3.63, 3.8) is 0 Å². The number of unbranched alkanes of at least 4 members (excludes halogenated alkanes) is 38. The molecule has 62 heavy (non-hydrogen) atoms. The van der Waals surface area contributed by atoms with Crippen molar-refractivity contribution >= 4 is 13.7 Å². The number of rotatable bonds is 51. The summed E-state index contributed by atoms with van der Waals surface area (Å²) in [7, 11) is 1.31. The molecule has 0 aromatic carbocycles. The summed E-state index contributed by atoms with van der Waals surface area (Å²) in [6.45, 7) is 4.66. The number of phosphoric ester groups is 1. The van der Waals surface area contributed by atoms with E-state index in [0.29, 0.717) is 23.9 Å². The van der Waals surface area contributed by atoms with Gasteiger partial charge in [0, 0.05) is 6.42 Å². The molecule has 2 N–H and O–H groups in total. The highest BCUT2D eigenvalue weighted by Gasteiger charge is 2.24. The lowest BCUT2D eigenvalue weighted by atomic mass is 10.0. The minimum absolute atomic E-state index is 0.0149. The van der Waals surface area contributed by atoms with E-state index < -0.39 is 20.0 Å². The van der Waals surface area contributed by atoms with Crippen molar-refractivity contribution in [1.29, 1.82) is 0 Å². The Bertz CT molecular complexity index is 978. The van der Waals surface area contributed by atoms with E-state index in [1.54, 1.807) is 0 Å². The SMILES string of the molecule is CCCCCCCCCCCCCCCCCCCCCCCCCCCCCCCCCCCCCC(=O)NC(COP(=O)([O-])OCC[N+](C)(C)C)C(O)CCCCCCC. The van der Waals surface area contributed by atoms with Gasteiger partial charge in [0.05, 0.1) is 39.9 Å². The zero-order valence-electron chi connectivity index (χ0n) is 42.4. The molecule has 0 spiro atoms. The summed E-state index contributed by atoms with van der Waals surface area (Å²) in [6, 6.07) is -0.791. The van der Waals surface area contributed by atoms with Gasteiger partial charge in [0.25, 0.3) is 7.82 Å². The minimum atomic E-state index is -4.55. The Hall–Kier alpha value is -0.500. The molecular formula is C53H109N2O6P. The third kappa shape index (κ3) is 47.5. The molecule has 1 amide bonds. The van der Waals surface area contributed by atoms with E-state index in [4.69, 9.17) is 9.05 Å². The molecule has 9 heteroatoms. The van der Waals surface area contributed by atoms with Crippen molar-refractivity contribution in [1.82, 2.24) is 5.32 Å². The number of nitrogens with zero attached hydrogens (tertiary/aromatic N) is 1. The summed E-state index contributed by atoms with van der Waals surface area (Å²) in [5, 5.41) is 13.7. The fourth-order valence-corrected chi connectivity index (χ4v) is 9.24. The van der Waals surface area contributed by atoms with Crippen LogP contribution in [0.25, 0.3) is 0 Å². The molecule has 0 bridgehead atoms. The fraction of sp³-hybridized carbons (Fsp3) is 0.981. The van der Waals surface area contributed by atoms with Crippen molar-refractivity contribution < 1.29 is 32.9 Å². The Labute approximate surface area is 387 Å². The monoisotopic (exact) mass is 901 g/mol. The minimum Gasteiger partial charge on any atom is -0.756 e. The zero-order valence-corrected chi connectivity index (χ0v) is 43.3. The van der Waals surface area contributed by atoms with Gasteiger partial charge in [-0.3, -0.25) is 9.36 Å². The van der Waals surface area contributed by atoms with Gasteiger partial charge in [-0.25, -0.2) is 0 Å². The molecule has 372 valence electrons. The Balaban J connectivity index is 3.67. The molecule has 0 aliphatic carbocycles. The third-order valence-electron chi connectivity index (χ3n) is 12.8. The lowest BCUT2D eigenvalue weighted by Crippen LogP contribution is -2.46. The normalized spacial score (nSPS) is 14.0. The molecule has 0 heterocycles. The molecule has 3 unspecified atom stereocenters. The molecule has 0 saturated carbocycles. The summed E-state index contributed by atoms with van der Waals surface area (Å²) in [5.74, 6) is -0.165. The average molecular weight is 901 g/mol. The van der Waals surface area contributed by atoms with Crippen molar-refractivity contribution in [2.75, 3.05) is 40.9 Å². The molecular weight excluding hydrogens is 792 g/mol. The second kappa shape index (κ2) is 45.6. The number of phosphoric acid groups is 1. The standard InChI is InChI=1S/C53H109N2O6P/c1-6-8-10-12-13-14-15-16-17-18-19-20-21-22-23-24-25-26-27-28-29-30-31-32-33-34-35-36-37-38-39-40-41-43-45-47-53(57)54-51(52(56)46-44-42-11-9-7-2)50-61-62(58,59)60-49-48-55(3,4)5/h51-52,56H,6-50H2,1-5H3,(H-,54,57,58,59). The van der Waals surface area contributed by atoms with E-state index in [9.17, 15) is 19.4 Å². The zero-order chi connectivity index (χ0) is 45.7. The van der Waals surface area contributed by atoms with Crippen LogP contribution in [0.4, 0.5) is 0 Å². The van der Waals surface area contributed by atoms with E-state index in [-0.39, 0.29) is 19.1 Å².